The summed E-state index contributed by atoms with van der Waals surface area (Å²) in [7, 11) is 0. The van der Waals surface area contributed by atoms with Gasteiger partial charge in [-0.05, 0) is 36.6 Å². The van der Waals surface area contributed by atoms with E-state index in [9.17, 15) is 14.4 Å². The number of hydrogen-bond acceptors (Lipinski definition) is 5. The molecule has 0 unspecified atom stereocenters. The molecule has 3 aromatic rings. The van der Waals surface area contributed by atoms with Crippen molar-refractivity contribution < 1.29 is 29.0 Å². The van der Waals surface area contributed by atoms with Crippen LogP contribution in [0, 0.1) is 0 Å². The van der Waals surface area contributed by atoms with Crippen LogP contribution in [-0.2, 0) is 27.3 Å². The predicted octanol–water partition coefficient (Wildman–Crippen LogP) is 3.47. The number of nitrogens with one attached hydrogen (secondary N) is 2. The van der Waals surface area contributed by atoms with Gasteiger partial charge in [0.1, 0.15) is 6.04 Å². The molecule has 0 saturated carbocycles. The molecule has 9 nitrogen and oxygen atoms in total. The summed E-state index contributed by atoms with van der Waals surface area (Å²) in [6, 6.07) is 14.8. The van der Waals surface area contributed by atoms with Crippen LogP contribution in [-0.4, -0.2) is 52.7 Å². The molecule has 0 saturated heterocycles. The molecule has 0 radical (unpaired) electrons. The van der Waals surface area contributed by atoms with E-state index in [1.807, 2.05) is 56.3 Å². The monoisotopic (exact) mass is 481 g/mol. The molecule has 0 fully saturated rings. The average Bonchev–Trinajstić information content (AvgIpc) is 3.51. The molecule has 0 spiro atoms. The number of carbonyl (C=O) groups is 3. The molecule has 3 N–H and O–H groups in total. The number of hydrogen-bond donors (Lipinski definition) is 3. The third kappa shape index (κ3) is 6.32. The number of ether oxygens (including phenoxy) is 2. The van der Waals surface area contributed by atoms with Gasteiger partial charge < -0.3 is 29.8 Å². The second-order valence-electron chi connectivity index (χ2n) is 7.76. The van der Waals surface area contributed by atoms with Gasteiger partial charge in [0.15, 0.2) is 11.5 Å². The topological polar surface area (TPSA) is 121 Å². The van der Waals surface area contributed by atoms with Gasteiger partial charge in [-0.1, -0.05) is 44.2 Å². The third-order valence-electron chi connectivity index (χ3n) is 5.69. The number of fused-ring (bicyclic) bond motifs is 4. The summed E-state index contributed by atoms with van der Waals surface area (Å²) in [6.07, 6.45) is 1.10. The Morgan fingerprint density at radius 3 is 2.43 bits per heavy atom. The van der Waals surface area contributed by atoms with Gasteiger partial charge in [-0.25, -0.2) is 0 Å². The SMILES string of the molecule is CC.O=CN[C@@H](CCC(=O)O)C(=O)N1CCc2c([nH]c3ccccc23)C1.c1ccc2c(c1)OCO2. The van der Waals surface area contributed by atoms with Gasteiger partial charge in [-0.3, -0.25) is 14.4 Å². The number of H-pyrrole nitrogens is 1. The summed E-state index contributed by atoms with van der Waals surface area (Å²) in [5.41, 5.74) is 3.27. The van der Waals surface area contributed by atoms with Crippen LogP contribution in [0.5, 0.6) is 11.5 Å². The van der Waals surface area contributed by atoms with Crippen molar-refractivity contribution in [2.24, 2.45) is 0 Å². The minimum atomic E-state index is -0.989. The van der Waals surface area contributed by atoms with Crippen molar-refractivity contribution in [2.45, 2.75) is 45.7 Å². The van der Waals surface area contributed by atoms with Crippen molar-refractivity contribution in [3.05, 3.63) is 59.8 Å². The molecular weight excluding hydrogens is 450 g/mol. The minimum absolute atomic E-state index is 0.0863. The van der Waals surface area contributed by atoms with Gasteiger partial charge in [0, 0.05) is 29.6 Å². The van der Waals surface area contributed by atoms with E-state index in [0.29, 0.717) is 26.3 Å². The van der Waals surface area contributed by atoms with Crippen LogP contribution in [0.4, 0.5) is 0 Å². The van der Waals surface area contributed by atoms with Gasteiger partial charge in [0.2, 0.25) is 19.1 Å². The largest absolute Gasteiger partial charge is 0.481 e. The van der Waals surface area contributed by atoms with Crippen LogP contribution in [0.25, 0.3) is 10.9 Å². The van der Waals surface area contributed by atoms with Gasteiger partial charge in [0.05, 0.1) is 6.54 Å². The van der Waals surface area contributed by atoms with Crippen LogP contribution in [0.15, 0.2) is 48.5 Å². The fourth-order valence-electron chi connectivity index (χ4n) is 4.07. The highest BCUT2D eigenvalue weighted by Gasteiger charge is 2.29. The third-order valence-corrected chi connectivity index (χ3v) is 5.69. The Morgan fingerprint density at radius 1 is 1.11 bits per heavy atom. The van der Waals surface area contributed by atoms with Crippen molar-refractivity contribution >= 4 is 29.2 Å². The smallest absolute Gasteiger partial charge is 0.303 e. The van der Waals surface area contributed by atoms with E-state index < -0.39 is 12.0 Å². The van der Waals surface area contributed by atoms with Crippen molar-refractivity contribution in [1.82, 2.24) is 15.2 Å². The molecule has 2 aromatic carbocycles. The van der Waals surface area contributed by atoms with Gasteiger partial charge in [0.25, 0.3) is 0 Å². The molecule has 5 rings (SSSR count). The van der Waals surface area contributed by atoms with E-state index in [-0.39, 0.29) is 18.7 Å². The Labute approximate surface area is 204 Å². The number of aromatic nitrogens is 1. The summed E-state index contributed by atoms with van der Waals surface area (Å²) in [5, 5.41) is 12.4. The number of aliphatic carboxylic acids is 1. The zero-order valence-electron chi connectivity index (χ0n) is 20.0. The molecule has 9 heteroatoms. The van der Waals surface area contributed by atoms with Crippen molar-refractivity contribution in [3.63, 3.8) is 0 Å². The number of rotatable bonds is 6. The average molecular weight is 482 g/mol. The molecule has 2 aliphatic rings. The Morgan fingerprint density at radius 2 is 1.77 bits per heavy atom. The van der Waals surface area contributed by atoms with Crippen LogP contribution in [0.1, 0.15) is 37.9 Å². The molecule has 3 heterocycles. The molecule has 35 heavy (non-hydrogen) atoms. The summed E-state index contributed by atoms with van der Waals surface area (Å²) in [4.78, 5) is 39.1. The molecule has 2 aliphatic heterocycles. The van der Waals surface area contributed by atoms with Gasteiger partial charge in [-0.2, -0.15) is 0 Å². The van der Waals surface area contributed by atoms with E-state index in [1.165, 1.54) is 10.9 Å². The van der Waals surface area contributed by atoms with E-state index >= 15 is 0 Å². The normalized spacial score (nSPS) is 13.9. The summed E-state index contributed by atoms with van der Waals surface area (Å²) >= 11 is 0. The van der Waals surface area contributed by atoms with E-state index in [0.717, 1.165) is 29.1 Å². The molecule has 1 aromatic heterocycles. The lowest BCUT2D eigenvalue weighted by Crippen LogP contribution is -2.48. The van der Waals surface area contributed by atoms with Crippen LogP contribution >= 0.6 is 0 Å². The van der Waals surface area contributed by atoms with Crippen molar-refractivity contribution in [1.29, 1.82) is 0 Å². The van der Waals surface area contributed by atoms with Gasteiger partial charge >= 0.3 is 5.97 Å². The molecular formula is C26H31N3O6. The molecule has 2 amide bonds. The summed E-state index contributed by atoms with van der Waals surface area (Å²) in [5.74, 6) is 0.458. The van der Waals surface area contributed by atoms with Gasteiger partial charge in [-0.15, -0.1) is 0 Å². The Bertz CT molecular complexity index is 1140. The lowest BCUT2D eigenvalue weighted by molar-refractivity contribution is -0.139. The maximum Gasteiger partial charge on any atom is 0.303 e. The number of para-hydroxylation sites is 3. The first kappa shape index (κ1) is 25.6. The zero-order chi connectivity index (χ0) is 25.2. The fourth-order valence-corrected chi connectivity index (χ4v) is 4.07. The minimum Gasteiger partial charge on any atom is -0.481 e. The number of amides is 2. The lowest BCUT2D eigenvalue weighted by Gasteiger charge is -2.30. The highest BCUT2D eigenvalue weighted by molar-refractivity contribution is 5.87. The Hall–Kier alpha value is -4.01. The Kier molecular flexibility index (Phi) is 9.11. The standard InChI is InChI=1S/C17H19N3O4.C7H6O2.C2H6/c21-10-18-14(5-6-16(22)23)17(24)20-8-7-12-11-3-1-2-4-13(11)19-15(12)9-20;1-2-4-7-6(3-1)8-5-9-7;1-2/h1-4,10,14,19H,5-9H2,(H,18,21)(H,22,23);1-4H,5H2;1-2H3/t14-;;/m0../s1. The lowest BCUT2D eigenvalue weighted by atomic mass is 10.0. The highest BCUT2D eigenvalue weighted by Crippen LogP contribution is 2.30. The first-order valence-corrected chi connectivity index (χ1v) is 11.7. The Balaban J connectivity index is 0.000000257. The predicted molar refractivity (Wildman–Crippen MR) is 131 cm³/mol. The first-order valence-electron chi connectivity index (χ1n) is 11.7. The van der Waals surface area contributed by atoms with E-state index in [4.69, 9.17) is 14.6 Å². The maximum atomic E-state index is 12.6. The second-order valence-corrected chi connectivity index (χ2v) is 7.76. The maximum absolute atomic E-state index is 12.6. The summed E-state index contributed by atoms with van der Waals surface area (Å²) < 4.78 is 10.2. The highest BCUT2D eigenvalue weighted by atomic mass is 16.7. The van der Waals surface area contributed by atoms with E-state index in [1.54, 1.807) is 4.90 Å². The quantitative estimate of drug-likeness (QED) is 0.464. The zero-order valence-corrected chi connectivity index (χ0v) is 20.0. The molecule has 1 atom stereocenters. The number of carbonyl (C=O) groups excluding carboxylic acids is 2. The number of aromatic amines is 1. The van der Waals surface area contributed by atoms with Crippen LogP contribution in [0.3, 0.4) is 0 Å². The second kappa shape index (κ2) is 12.5. The molecule has 0 aliphatic carbocycles. The van der Waals surface area contributed by atoms with Crippen molar-refractivity contribution in [2.75, 3.05) is 13.3 Å². The molecule has 0 bridgehead atoms. The first-order chi connectivity index (χ1) is 17.1. The van der Waals surface area contributed by atoms with Crippen molar-refractivity contribution in [3.8, 4) is 11.5 Å². The van der Waals surface area contributed by atoms with Crippen LogP contribution in [0.2, 0.25) is 0 Å². The van der Waals surface area contributed by atoms with E-state index in [2.05, 4.69) is 16.4 Å². The number of benzene rings is 2. The number of carboxylic acids is 1. The number of carboxylic acid groups (broad SMARTS) is 1. The molecule has 186 valence electrons. The number of nitrogens with zero attached hydrogens (tertiary/aromatic N) is 1. The fraction of sp³-hybridized carbons (Fsp3) is 0.346. The summed E-state index contributed by atoms with van der Waals surface area (Å²) in [6.45, 7) is 5.35. The van der Waals surface area contributed by atoms with Crippen LogP contribution < -0.4 is 14.8 Å².